The number of rotatable bonds is 3. The van der Waals surface area contributed by atoms with Gasteiger partial charge in [0.2, 0.25) is 0 Å². The van der Waals surface area contributed by atoms with Crippen molar-refractivity contribution in [2.45, 2.75) is 44.2 Å². The van der Waals surface area contributed by atoms with E-state index in [4.69, 9.17) is 0 Å². The van der Waals surface area contributed by atoms with E-state index in [1.807, 2.05) is 18.2 Å². The lowest BCUT2D eigenvalue weighted by atomic mass is 9.56. The molecule has 0 spiro atoms. The van der Waals surface area contributed by atoms with Crippen LogP contribution in [0.5, 0.6) is 0 Å². The molecule has 1 aromatic carbocycles. The standard InChI is InChI=1S/C14H17FO/c1-13(2,15)14(8-5-9-14)12-7-4-3-6-11(12)10-16/h3-4,6-7,10H,5,8-9H2,1-2H3. The predicted molar refractivity (Wildman–Crippen MR) is 62.5 cm³/mol. The molecule has 0 heterocycles. The Morgan fingerprint density at radius 2 is 1.94 bits per heavy atom. The fourth-order valence-electron chi connectivity index (χ4n) is 2.75. The Hall–Kier alpha value is -1.18. The molecule has 0 saturated heterocycles. The quantitative estimate of drug-likeness (QED) is 0.710. The zero-order valence-electron chi connectivity index (χ0n) is 9.79. The van der Waals surface area contributed by atoms with Gasteiger partial charge in [0, 0.05) is 11.0 Å². The molecule has 2 rings (SSSR count). The molecule has 0 amide bonds. The fraction of sp³-hybridized carbons (Fsp3) is 0.500. The molecule has 1 aromatic rings. The normalized spacial score (nSPS) is 18.9. The van der Waals surface area contributed by atoms with Gasteiger partial charge in [-0.25, -0.2) is 4.39 Å². The third-order valence-corrected chi connectivity index (χ3v) is 3.95. The van der Waals surface area contributed by atoms with E-state index < -0.39 is 11.1 Å². The average Bonchev–Trinajstić information content (AvgIpc) is 2.14. The first kappa shape index (κ1) is 11.3. The van der Waals surface area contributed by atoms with Crippen molar-refractivity contribution in [1.29, 1.82) is 0 Å². The molecule has 1 fully saturated rings. The molecule has 0 aromatic heterocycles. The lowest BCUT2D eigenvalue weighted by Crippen LogP contribution is -2.50. The molecule has 0 N–H and O–H groups in total. The summed E-state index contributed by atoms with van der Waals surface area (Å²) >= 11 is 0. The van der Waals surface area contributed by atoms with Gasteiger partial charge >= 0.3 is 0 Å². The summed E-state index contributed by atoms with van der Waals surface area (Å²) < 4.78 is 14.4. The number of hydrogen-bond acceptors (Lipinski definition) is 1. The summed E-state index contributed by atoms with van der Waals surface area (Å²) in [6, 6.07) is 7.37. The molecule has 1 aliphatic rings. The van der Waals surface area contributed by atoms with Crippen molar-refractivity contribution in [1.82, 2.24) is 0 Å². The molecule has 2 heteroatoms. The number of benzene rings is 1. The lowest BCUT2D eigenvalue weighted by Gasteiger charge is -2.49. The molecule has 1 aliphatic carbocycles. The van der Waals surface area contributed by atoms with Crippen LogP contribution in [0.1, 0.15) is 49.0 Å². The Balaban J connectivity index is 2.53. The maximum absolute atomic E-state index is 14.4. The van der Waals surface area contributed by atoms with Crippen LogP contribution in [-0.4, -0.2) is 12.0 Å². The van der Waals surface area contributed by atoms with E-state index in [1.165, 1.54) is 0 Å². The van der Waals surface area contributed by atoms with Crippen molar-refractivity contribution in [2.75, 3.05) is 0 Å². The van der Waals surface area contributed by atoms with Crippen LogP contribution in [0.25, 0.3) is 0 Å². The number of carbonyl (C=O) groups is 1. The molecule has 1 nitrogen and oxygen atoms in total. The minimum Gasteiger partial charge on any atom is -0.298 e. The summed E-state index contributed by atoms with van der Waals surface area (Å²) in [5.74, 6) is 0. The summed E-state index contributed by atoms with van der Waals surface area (Å²) in [5, 5.41) is 0. The fourth-order valence-corrected chi connectivity index (χ4v) is 2.75. The third kappa shape index (κ3) is 1.48. The van der Waals surface area contributed by atoms with Gasteiger partial charge in [-0.2, -0.15) is 0 Å². The smallest absolute Gasteiger partial charge is 0.150 e. The van der Waals surface area contributed by atoms with Crippen molar-refractivity contribution in [3.63, 3.8) is 0 Å². The van der Waals surface area contributed by atoms with Crippen molar-refractivity contribution >= 4 is 6.29 Å². The van der Waals surface area contributed by atoms with Gasteiger partial charge in [-0.15, -0.1) is 0 Å². The van der Waals surface area contributed by atoms with Gasteiger partial charge in [0.05, 0.1) is 0 Å². The topological polar surface area (TPSA) is 17.1 Å². The largest absolute Gasteiger partial charge is 0.298 e. The van der Waals surface area contributed by atoms with Crippen LogP contribution in [0.4, 0.5) is 4.39 Å². The first-order valence-corrected chi connectivity index (χ1v) is 5.75. The summed E-state index contributed by atoms with van der Waals surface area (Å²) in [7, 11) is 0. The SMILES string of the molecule is CC(C)(F)C1(c2ccccc2C=O)CCC1. The molecule has 0 bridgehead atoms. The molecule has 16 heavy (non-hydrogen) atoms. The molecule has 0 radical (unpaired) electrons. The van der Waals surface area contributed by atoms with Crippen molar-refractivity contribution < 1.29 is 9.18 Å². The summed E-state index contributed by atoms with van der Waals surface area (Å²) in [6.07, 6.45) is 3.55. The van der Waals surface area contributed by atoms with Gasteiger partial charge in [-0.3, -0.25) is 4.79 Å². The molecule has 0 aliphatic heterocycles. The van der Waals surface area contributed by atoms with Gasteiger partial charge in [0.15, 0.2) is 0 Å². The van der Waals surface area contributed by atoms with Gasteiger partial charge in [0.25, 0.3) is 0 Å². The van der Waals surface area contributed by atoms with E-state index >= 15 is 0 Å². The highest BCUT2D eigenvalue weighted by Gasteiger charge is 2.51. The van der Waals surface area contributed by atoms with E-state index in [9.17, 15) is 9.18 Å². The molecular weight excluding hydrogens is 203 g/mol. The van der Waals surface area contributed by atoms with Crippen LogP contribution in [0, 0.1) is 0 Å². The highest BCUT2D eigenvalue weighted by atomic mass is 19.1. The zero-order chi connectivity index (χ0) is 11.8. The van der Waals surface area contributed by atoms with Crippen LogP contribution in [-0.2, 0) is 5.41 Å². The molecule has 86 valence electrons. The monoisotopic (exact) mass is 220 g/mol. The average molecular weight is 220 g/mol. The second-order valence-electron chi connectivity index (χ2n) is 5.11. The third-order valence-electron chi connectivity index (χ3n) is 3.95. The first-order valence-electron chi connectivity index (χ1n) is 5.75. The number of carbonyl (C=O) groups excluding carboxylic acids is 1. The Morgan fingerprint density at radius 1 is 1.31 bits per heavy atom. The van der Waals surface area contributed by atoms with Gasteiger partial charge in [-0.1, -0.05) is 30.7 Å². The highest BCUT2D eigenvalue weighted by molar-refractivity contribution is 5.78. The van der Waals surface area contributed by atoms with Crippen molar-refractivity contribution in [2.24, 2.45) is 0 Å². The van der Waals surface area contributed by atoms with Gasteiger partial charge in [0.1, 0.15) is 12.0 Å². The maximum atomic E-state index is 14.4. The van der Waals surface area contributed by atoms with Gasteiger partial charge < -0.3 is 0 Å². The lowest BCUT2D eigenvalue weighted by molar-refractivity contribution is 0.0264. The van der Waals surface area contributed by atoms with Gasteiger partial charge in [-0.05, 0) is 32.3 Å². The minimum absolute atomic E-state index is 0.454. The number of halogens is 1. The summed E-state index contributed by atoms with van der Waals surface area (Å²) in [4.78, 5) is 11.0. The Bertz CT molecular complexity index is 399. The second-order valence-corrected chi connectivity index (χ2v) is 5.11. The van der Waals surface area contributed by atoms with Crippen LogP contribution in [0.3, 0.4) is 0 Å². The molecular formula is C14H17FO. The van der Waals surface area contributed by atoms with E-state index in [-0.39, 0.29) is 0 Å². The van der Waals surface area contributed by atoms with E-state index in [1.54, 1.807) is 19.9 Å². The second kappa shape index (κ2) is 3.69. The van der Waals surface area contributed by atoms with E-state index in [0.29, 0.717) is 5.56 Å². The predicted octanol–water partition coefficient (Wildman–Crippen LogP) is 3.67. The van der Waals surface area contributed by atoms with Crippen LogP contribution >= 0.6 is 0 Å². The van der Waals surface area contributed by atoms with E-state index in [2.05, 4.69) is 0 Å². The number of alkyl halides is 1. The highest BCUT2D eigenvalue weighted by Crippen LogP contribution is 2.53. The Morgan fingerprint density at radius 3 is 2.38 bits per heavy atom. The van der Waals surface area contributed by atoms with Crippen LogP contribution in [0.15, 0.2) is 24.3 Å². The summed E-state index contributed by atoms with van der Waals surface area (Å²) in [6.45, 7) is 3.24. The zero-order valence-corrected chi connectivity index (χ0v) is 9.79. The summed E-state index contributed by atoms with van der Waals surface area (Å²) in [5.41, 5.74) is -0.217. The minimum atomic E-state index is -1.27. The van der Waals surface area contributed by atoms with Crippen molar-refractivity contribution in [3.05, 3.63) is 35.4 Å². The first-order chi connectivity index (χ1) is 7.51. The van der Waals surface area contributed by atoms with Crippen LogP contribution < -0.4 is 0 Å². The molecule has 0 atom stereocenters. The van der Waals surface area contributed by atoms with Crippen LogP contribution in [0.2, 0.25) is 0 Å². The number of aldehydes is 1. The Labute approximate surface area is 95.7 Å². The number of hydrogen-bond donors (Lipinski definition) is 0. The van der Waals surface area contributed by atoms with E-state index in [0.717, 1.165) is 31.1 Å². The Kier molecular flexibility index (Phi) is 2.61. The van der Waals surface area contributed by atoms with Crippen molar-refractivity contribution in [3.8, 4) is 0 Å². The molecule has 1 saturated carbocycles. The molecule has 0 unspecified atom stereocenters. The maximum Gasteiger partial charge on any atom is 0.150 e.